The first-order chi connectivity index (χ1) is 16.5. The predicted octanol–water partition coefficient (Wildman–Crippen LogP) is 1.12. The molecule has 1 fully saturated rings. The van der Waals surface area contributed by atoms with Gasteiger partial charge in [0.1, 0.15) is 22.8 Å². The van der Waals surface area contributed by atoms with Crippen molar-refractivity contribution < 1.29 is 34.8 Å². The average Bonchev–Trinajstić information content (AvgIpc) is 3.41. The zero-order valence-electron chi connectivity index (χ0n) is 20.2. The number of carbonyl (C=O) groups is 2. The molecule has 5 atom stereocenters. The van der Waals surface area contributed by atoms with E-state index in [0.29, 0.717) is 31.5 Å². The van der Waals surface area contributed by atoms with Gasteiger partial charge >= 0.3 is 0 Å². The van der Waals surface area contributed by atoms with Crippen LogP contribution in [0.15, 0.2) is 34.8 Å². The van der Waals surface area contributed by atoms with Gasteiger partial charge in [-0.3, -0.25) is 14.5 Å². The van der Waals surface area contributed by atoms with Crippen LogP contribution in [0.1, 0.15) is 36.2 Å². The summed E-state index contributed by atoms with van der Waals surface area (Å²) in [6.07, 6.45) is 0.665. The second-order valence-electron chi connectivity index (χ2n) is 9.98. The second-order valence-corrected chi connectivity index (χ2v) is 9.98. The summed E-state index contributed by atoms with van der Waals surface area (Å²) in [4.78, 5) is 29.8. The van der Waals surface area contributed by atoms with E-state index in [0.717, 1.165) is 5.69 Å². The highest BCUT2D eigenvalue weighted by atomic mass is 16.8. The smallest absolute Gasteiger partial charge is 0.253 e. The summed E-state index contributed by atoms with van der Waals surface area (Å²) >= 11 is 0. The zero-order valence-corrected chi connectivity index (χ0v) is 20.2. The number of hydrogen-bond donors (Lipinski definition) is 5. The third-order valence-corrected chi connectivity index (χ3v) is 8.20. The van der Waals surface area contributed by atoms with Crippen molar-refractivity contribution in [2.24, 2.45) is 17.6 Å². The minimum absolute atomic E-state index is 0.0550. The van der Waals surface area contributed by atoms with Gasteiger partial charge in [-0.05, 0) is 64.4 Å². The van der Waals surface area contributed by atoms with Gasteiger partial charge in [-0.2, -0.15) is 0 Å². The van der Waals surface area contributed by atoms with E-state index in [4.69, 9.17) is 10.5 Å². The first kappa shape index (κ1) is 23.7. The molecule has 1 amide bonds. The Morgan fingerprint density at radius 3 is 2.43 bits per heavy atom. The Morgan fingerprint density at radius 2 is 1.86 bits per heavy atom. The van der Waals surface area contributed by atoms with Crippen LogP contribution in [-0.4, -0.2) is 81.6 Å². The molecule has 1 spiro atoms. The number of hydrogen-bond acceptors (Lipinski definition) is 9. The van der Waals surface area contributed by atoms with Crippen LogP contribution in [0.25, 0.3) is 0 Å². The summed E-state index contributed by atoms with van der Waals surface area (Å²) < 4.78 is 5.69. The largest absolute Gasteiger partial charge is 0.510 e. The van der Waals surface area contributed by atoms with Crippen molar-refractivity contribution in [3.05, 3.63) is 45.9 Å². The van der Waals surface area contributed by atoms with Gasteiger partial charge in [-0.1, -0.05) is 0 Å². The molecule has 0 radical (unpaired) electrons. The number of ether oxygens (including phenoxy) is 1. The van der Waals surface area contributed by atoms with Crippen LogP contribution in [0, 0.1) is 11.8 Å². The summed E-state index contributed by atoms with van der Waals surface area (Å²) in [5.41, 5.74) is 4.91. The Balaban J connectivity index is 1.72. The quantitative estimate of drug-likeness (QED) is 0.385. The van der Waals surface area contributed by atoms with Crippen LogP contribution in [0.4, 0.5) is 5.69 Å². The molecule has 1 heterocycles. The third-order valence-electron chi connectivity index (χ3n) is 8.20. The molecule has 5 rings (SSSR count). The molecule has 3 aliphatic carbocycles. The van der Waals surface area contributed by atoms with E-state index in [1.807, 2.05) is 13.8 Å². The highest BCUT2D eigenvalue weighted by Gasteiger charge is 2.84. The fraction of sp³-hybridized carbons (Fsp3) is 0.520. The average molecular weight is 486 g/mol. The van der Waals surface area contributed by atoms with Crippen molar-refractivity contribution in [3.63, 3.8) is 0 Å². The Morgan fingerprint density at radius 1 is 1.20 bits per heavy atom. The molecule has 0 saturated carbocycles. The van der Waals surface area contributed by atoms with Gasteiger partial charge in [0.25, 0.3) is 5.91 Å². The van der Waals surface area contributed by atoms with Gasteiger partial charge in [0.05, 0.1) is 11.6 Å². The maximum absolute atomic E-state index is 13.8. The van der Waals surface area contributed by atoms with Crippen molar-refractivity contribution in [2.45, 2.75) is 44.1 Å². The van der Waals surface area contributed by atoms with Gasteiger partial charge in [-0.15, -0.1) is 0 Å². The number of amides is 1. The molecule has 4 aliphatic rings. The van der Waals surface area contributed by atoms with E-state index in [-0.39, 0.29) is 16.9 Å². The summed E-state index contributed by atoms with van der Waals surface area (Å²) in [5.74, 6) is -6.11. The Labute approximate surface area is 202 Å². The summed E-state index contributed by atoms with van der Waals surface area (Å²) in [6, 6.07) is 2.49. The number of benzene rings is 1. The molecular weight excluding hydrogens is 454 g/mol. The summed E-state index contributed by atoms with van der Waals surface area (Å²) in [7, 11) is 3.40. The number of likely N-dealkylation sites (N-methyl/N-ethyl adjacent to an activating group) is 1. The van der Waals surface area contributed by atoms with Crippen molar-refractivity contribution >= 4 is 17.4 Å². The molecule has 1 aromatic carbocycles. The number of anilines is 1. The molecule has 1 aliphatic heterocycles. The van der Waals surface area contributed by atoms with Crippen molar-refractivity contribution in [3.8, 4) is 5.75 Å². The van der Waals surface area contributed by atoms with E-state index >= 15 is 0 Å². The summed E-state index contributed by atoms with van der Waals surface area (Å²) in [5, 5.41) is 44.4. The third kappa shape index (κ3) is 2.75. The molecule has 10 heteroatoms. The number of Topliss-reactive ketones (excluding diaryl/α,β-unsaturated/α-hetero) is 1. The fourth-order valence-electron chi connectivity index (χ4n) is 6.70. The Kier molecular flexibility index (Phi) is 5.04. The monoisotopic (exact) mass is 485 g/mol. The fourth-order valence-corrected chi connectivity index (χ4v) is 6.70. The zero-order chi connectivity index (χ0) is 25.6. The van der Waals surface area contributed by atoms with E-state index < -0.39 is 58.0 Å². The lowest BCUT2D eigenvalue weighted by atomic mass is 9.60. The maximum Gasteiger partial charge on any atom is 0.253 e. The number of rotatable bonds is 5. The number of phenols is 1. The maximum atomic E-state index is 13.8. The number of epoxide rings is 1. The Bertz CT molecular complexity index is 1220. The van der Waals surface area contributed by atoms with Gasteiger partial charge in [0.15, 0.2) is 11.4 Å². The van der Waals surface area contributed by atoms with Crippen molar-refractivity contribution in [2.75, 3.05) is 32.1 Å². The van der Waals surface area contributed by atoms with E-state index in [9.17, 15) is 30.0 Å². The van der Waals surface area contributed by atoms with Gasteiger partial charge in [0.2, 0.25) is 5.79 Å². The number of carbonyl (C=O) groups excluding carboxylic acids is 2. The molecule has 35 heavy (non-hydrogen) atoms. The number of fused-ring (bicyclic) bond motifs is 2. The normalized spacial score (nSPS) is 33.2. The molecule has 0 bridgehead atoms. The minimum Gasteiger partial charge on any atom is -0.510 e. The lowest BCUT2D eigenvalue weighted by Gasteiger charge is -2.46. The van der Waals surface area contributed by atoms with E-state index in [1.165, 1.54) is 6.07 Å². The minimum atomic E-state index is -2.34. The number of allylic oxidation sites excluding steroid dienone is 1. The van der Waals surface area contributed by atoms with Crippen molar-refractivity contribution in [1.29, 1.82) is 0 Å². The number of aliphatic hydroxyl groups excluding tert-OH is 2. The van der Waals surface area contributed by atoms with Crippen LogP contribution in [0.5, 0.6) is 5.75 Å². The molecule has 10 nitrogen and oxygen atoms in total. The second kappa shape index (κ2) is 7.46. The van der Waals surface area contributed by atoms with Gasteiger partial charge in [-0.25, -0.2) is 0 Å². The SMILES string of the molecule is CCN(CC)c1ccc(O)c2c1C[C@H]1C[C@H]3[C@H](N(C)C)C(O)=C(C(N)=O)C4(O)O[C@]34C(O)=C1C2=O. The number of ketones is 1. The number of nitrogens with two attached hydrogens (primary N) is 1. The van der Waals surface area contributed by atoms with Crippen molar-refractivity contribution in [1.82, 2.24) is 4.90 Å². The molecule has 188 valence electrons. The highest BCUT2D eigenvalue weighted by molar-refractivity contribution is 6.14. The number of phenolic OH excluding ortho intramolecular Hbond substituents is 1. The van der Waals surface area contributed by atoms with E-state index in [2.05, 4.69) is 4.90 Å². The van der Waals surface area contributed by atoms with Crippen LogP contribution in [0.3, 0.4) is 0 Å². The number of nitrogens with zero attached hydrogens (tertiary/aromatic N) is 2. The molecule has 1 aromatic rings. The van der Waals surface area contributed by atoms with Gasteiger partial charge < -0.3 is 35.8 Å². The highest BCUT2D eigenvalue weighted by Crippen LogP contribution is 2.68. The van der Waals surface area contributed by atoms with Crippen LogP contribution in [-0.2, 0) is 16.0 Å². The lowest BCUT2D eigenvalue weighted by Crippen LogP contribution is -2.57. The molecule has 0 aromatic heterocycles. The molecular formula is C25H31N3O7. The number of primary amides is 1. The number of aliphatic hydroxyl groups is 3. The predicted molar refractivity (Wildman–Crippen MR) is 126 cm³/mol. The summed E-state index contributed by atoms with van der Waals surface area (Å²) in [6.45, 7) is 5.44. The molecule has 6 N–H and O–H groups in total. The molecule has 1 saturated heterocycles. The van der Waals surface area contributed by atoms with E-state index in [1.54, 1.807) is 25.1 Å². The first-order valence-electron chi connectivity index (χ1n) is 11.9. The topological polar surface area (TPSA) is 160 Å². The van der Waals surface area contributed by atoms with Crippen LogP contribution < -0.4 is 10.6 Å². The first-order valence-corrected chi connectivity index (χ1v) is 11.9. The lowest BCUT2D eigenvalue weighted by molar-refractivity contribution is -0.117. The van der Waals surface area contributed by atoms with Crippen LogP contribution in [0.2, 0.25) is 0 Å². The molecule has 1 unspecified atom stereocenters. The standard InChI is InChI=1S/C25H31N3O7/c1-5-28(6-2)14-7-8-15(29)17-12(14)9-11-10-13-19(27(3)4)21(31)18(23(26)33)25(34)24(13,35-25)22(32)16(11)20(17)30/h7-8,11,13,19,29,31-32,34H,5-6,9-10H2,1-4H3,(H2,26,33)/t11-,13-,19-,24-,25?/m0/s1. The van der Waals surface area contributed by atoms with Gasteiger partial charge in [0, 0.05) is 30.3 Å². The number of aromatic hydroxyl groups is 1. The van der Waals surface area contributed by atoms with Crippen LogP contribution >= 0.6 is 0 Å². The Hall–Kier alpha value is -3.08.